The summed E-state index contributed by atoms with van der Waals surface area (Å²) in [5.41, 5.74) is 1.34. The number of rotatable bonds is 3. The zero-order valence-electron chi connectivity index (χ0n) is 20.0. The van der Waals surface area contributed by atoms with Gasteiger partial charge in [-0.1, -0.05) is 89.6 Å². The third-order valence-electron chi connectivity index (χ3n) is 7.18. The van der Waals surface area contributed by atoms with E-state index < -0.39 is 29.2 Å². The lowest BCUT2D eigenvalue weighted by molar-refractivity contribution is -0.0113. The fourth-order valence-corrected chi connectivity index (χ4v) is 5.41. The molecule has 1 aromatic heterocycles. The van der Waals surface area contributed by atoms with Crippen LogP contribution in [-0.2, 0) is 4.84 Å². The minimum absolute atomic E-state index is 0.402. The molecule has 0 radical (unpaired) electrons. The lowest BCUT2D eigenvalue weighted by atomic mass is 9.99. The molecule has 2 bridgehead atoms. The van der Waals surface area contributed by atoms with Gasteiger partial charge in [0.1, 0.15) is 6.04 Å². The van der Waals surface area contributed by atoms with Crippen molar-refractivity contribution in [3.8, 4) is 5.69 Å². The lowest BCUT2D eigenvalue weighted by Crippen LogP contribution is -2.55. The quantitative estimate of drug-likeness (QED) is 0.409. The van der Waals surface area contributed by atoms with Crippen LogP contribution in [0.2, 0.25) is 0 Å². The molecule has 3 aliphatic heterocycles. The molecule has 0 fully saturated rings. The molecule has 182 valence electrons. The Morgan fingerprint density at radius 2 is 1.43 bits per heavy atom. The fourth-order valence-electron chi connectivity index (χ4n) is 5.41. The number of para-hydroxylation sites is 1. The van der Waals surface area contributed by atoms with E-state index in [9.17, 15) is 9.59 Å². The summed E-state index contributed by atoms with van der Waals surface area (Å²) in [7, 11) is 0. The van der Waals surface area contributed by atoms with E-state index >= 15 is 0 Å². The van der Waals surface area contributed by atoms with E-state index in [1.54, 1.807) is 12.1 Å². The molecule has 1 spiro atoms. The molecule has 8 heteroatoms. The summed E-state index contributed by atoms with van der Waals surface area (Å²) in [4.78, 5) is 35.8. The smallest absolute Gasteiger partial charge is 0.352 e. The van der Waals surface area contributed by atoms with Gasteiger partial charge in [-0.25, -0.2) is 23.5 Å². The monoisotopic (exact) mass is 489 g/mol. The number of anilines is 1. The van der Waals surface area contributed by atoms with Crippen LogP contribution in [0.25, 0.3) is 5.69 Å². The number of oxime groups is 1. The van der Waals surface area contributed by atoms with Crippen molar-refractivity contribution in [1.82, 2.24) is 13.9 Å². The number of hydrogen-bond acceptors (Lipinski definition) is 5. The number of aryl methyl sites for hydroxylation is 1. The van der Waals surface area contributed by atoms with Crippen LogP contribution >= 0.6 is 0 Å². The van der Waals surface area contributed by atoms with Crippen LogP contribution in [0.1, 0.15) is 23.2 Å². The highest BCUT2D eigenvalue weighted by Gasteiger charge is 2.55. The molecular formula is C29H23N5O3. The second-order valence-electron chi connectivity index (χ2n) is 9.40. The first kappa shape index (κ1) is 21.4. The highest BCUT2D eigenvalue weighted by Crippen LogP contribution is 2.45. The van der Waals surface area contributed by atoms with E-state index in [1.807, 2.05) is 109 Å². The minimum Gasteiger partial charge on any atom is -0.357 e. The molecule has 3 atom stereocenters. The first-order chi connectivity index (χ1) is 18.1. The van der Waals surface area contributed by atoms with Crippen molar-refractivity contribution >= 4 is 11.5 Å². The van der Waals surface area contributed by atoms with Crippen LogP contribution in [-0.4, -0.2) is 25.5 Å². The Labute approximate surface area is 212 Å². The Bertz CT molecular complexity index is 1710. The summed E-state index contributed by atoms with van der Waals surface area (Å²) >= 11 is 0. The summed E-state index contributed by atoms with van der Waals surface area (Å²) in [6.07, 6.45) is 7.70. The van der Waals surface area contributed by atoms with Gasteiger partial charge in [0.2, 0.25) is 0 Å². The largest absolute Gasteiger partial charge is 0.357 e. The second kappa shape index (κ2) is 7.83. The number of aromatic nitrogens is 3. The van der Waals surface area contributed by atoms with Crippen LogP contribution in [0.3, 0.4) is 0 Å². The maximum atomic E-state index is 13.9. The molecule has 8 nitrogen and oxygen atoms in total. The van der Waals surface area contributed by atoms with Crippen molar-refractivity contribution in [3.63, 3.8) is 0 Å². The third-order valence-corrected chi connectivity index (χ3v) is 7.18. The second-order valence-corrected chi connectivity index (χ2v) is 9.40. The number of benzene rings is 3. The van der Waals surface area contributed by atoms with Crippen molar-refractivity contribution in [2.24, 2.45) is 5.16 Å². The van der Waals surface area contributed by atoms with Crippen molar-refractivity contribution in [3.05, 3.63) is 141 Å². The molecule has 0 saturated carbocycles. The van der Waals surface area contributed by atoms with Gasteiger partial charge in [0.25, 0.3) is 5.72 Å². The van der Waals surface area contributed by atoms with E-state index in [1.165, 1.54) is 13.9 Å². The minimum atomic E-state index is -1.21. The predicted molar refractivity (Wildman–Crippen MR) is 141 cm³/mol. The van der Waals surface area contributed by atoms with Crippen LogP contribution < -0.4 is 16.3 Å². The maximum absolute atomic E-state index is 13.9. The Balaban J connectivity index is 1.46. The SMILES string of the molecule is Cc1ccc(N2C(c3ccccc3)=NO[C@@]23C=C[C@H]2C=C[C@@H]3n3c(=O)n(-c4ccccc4)c(=O)n32)cc1. The summed E-state index contributed by atoms with van der Waals surface area (Å²) in [5, 5.41) is 4.56. The van der Waals surface area contributed by atoms with E-state index in [-0.39, 0.29) is 0 Å². The van der Waals surface area contributed by atoms with Crippen molar-refractivity contribution < 1.29 is 4.84 Å². The molecule has 0 N–H and O–H groups in total. The zero-order valence-corrected chi connectivity index (χ0v) is 20.0. The molecule has 4 aliphatic rings. The van der Waals surface area contributed by atoms with E-state index in [0.29, 0.717) is 11.5 Å². The van der Waals surface area contributed by atoms with Crippen molar-refractivity contribution in [2.45, 2.75) is 24.7 Å². The van der Waals surface area contributed by atoms with E-state index in [2.05, 4.69) is 5.16 Å². The normalized spacial score (nSPS) is 23.2. The average Bonchev–Trinajstić information content (AvgIpc) is 3.32. The van der Waals surface area contributed by atoms with Gasteiger partial charge in [-0.2, -0.15) is 0 Å². The van der Waals surface area contributed by atoms with E-state index in [4.69, 9.17) is 4.84 Å². The Morgan fingerprint density at radius 3 is 2.16 bits per heavy atom. The Kier molecular flexibility index (Phi) is 4.53. The molecular weight excluding hydrogens is 466 g/mol. The summed E-state index contributed by atoms with van der Waals surface area (Å²) in [6.45, 7) is 2.03. The fraction of sp³-hybridized carbons (Fsp3) is 0.138. The van der Waals surface area contributed by atoms with Gasteiger partial charge in [0.05, 0.1) is 11.7 Å². The van der Waals surface area contributed by atoms with Crippen LogP contribution in [0.4, 0.5) is 5.69 Å². The highest BCUT2D eigenvalue weighted by atomic mass is 16.7. The predicted octanol–water partition coefficient (Wildman–Crippen LogP) is 3.93. The lowest BCUT2D eigenvalue weighted by Gasteiger charge is -2.39. The molecule has 4 aromatic rings. The molecule has 37 heavy (non-hydrogen) atoms. The number of allylic oxidation sites excluding steroid dienone is 2. The standard InChI is InChI=1S/C29H23N5O3/c1-20-12-14-23(15-13-20)32-26(21-8-4-2-5-9-21)30-37-29(32)19-18-24-16-17-25(29)34-28(36)31(27(35)33(24)34)22-10-6-3-7-11-22/h2-19,24-25H,1H3/t24-,25+,29-/m1/s1. The first-order valence-corrected chi connectivity index (χ1v) is 12.2. The first-order valence-electron chi connectivity index (χ1n) is 12.2. The van der Waals surface area contributed by atoms with Gasteiger partial charge in [0.15, 0.2) is 5.84 Å². The van der Waals surface area contributed by atoms with Gasteiger partial charge in [-0.05, 0) is 37.3 Å². The molecule has 1 aliphatic carbocycles. The average molecular weight is 490 g/mol. The van der Waals surface area contributed by atoms with Gasteiger partial charge < -0.3 is 4.84 Å². The molecule has 3 aromatic carbocycles. The summed E-state index contributed by atoms with van der Waals surface area (Å²) in [5.74, 6) is 0.622. The molecule has 0 saturated heterocycles. The topological polar surface area (TPSA) is 73.8 Å². The number of amidine groups is 1. The molecule has 8 rings (SSSR count). The number of hydrogen-bond donors (Lipinski definition) is 0. The van der Waals surface area contributed by atoms with Crippen molar-refractivity contribution in [1.29, 1.82) is 0 Å². The molecule has 0 unspecified atom stereocenters. The van der Waals surface area contributed by atoms with Gasteiger partial charge >= 0.3 is 11.4 Å². The Hall–Kier alpha value is -4.85. The third kappa shape index (κ3) is 2.99. The van der Waals surface area contributed by atoms with Crippen LogP contribution in [0.15, 0.2) is 124 Å². The summed E-state index contributed by atoms with van der Waals surface area (Å²) in [6, 6.07) is 25.8. The van der Waals surface area contributed by atoms with Gasteiger partial charge in [0, 0.05) is 11.3 Å². The van der Waals surface area contributed by atoms with Crippen molar-refractivity contribution in [2.75, 3.05) is 4.90 Å². The van der Waals surface area contributed by atoms with Gasteiger partial charge in [-0.3, -0.25) is 4.90 Å². The maximum Gasteiger partial charge on any atom is 0.352 e. The zero-order chi connectivity index (χ0) is 25.1. The highest BCUT2D eigenvalue weighted by molar-refractivity contribution is 6.11. The van der Waals surface area contributed by atoms with Crippen LogP contribution in [0.5, 0.6) is 0 Å². The van der Waals surface area contributed by atoms with E-state index in [0.717, 1.165) is 16.8 Å². The Morgan fingerprint density at radius 1 is 0.757 bits per heavy atom. The molecule has 4 heterocycles. The summed E-state index contributed by atoms with van der Waals surface area (Å²) < 4.78 is 4.22. The molecule has 0 amide bonds. The van der Waals surface area contributed by atoms with Gasteiger partial charge in [-0.15, -0.1) is 0 Å². The van der Waals surface area contributed by atoms with Crippen LogP contribution in [0, 0.1) is 6.92 Å². The number of nitrogens with zero attached hydrogens (tertiary/aromatic N) is 5.